The number of carbonyl (C=O) groups is 1. The molecule has 2 rings (SSSR count). The van der Waals surface area contributed by atoms with E-state index >= 15 is 0 Å². The molecule has 5 nitrogen and oxygen atoms in total. The first-order valence-corrected chi connectivity index (χ1v) is 4.81. The maximum Gasteiger partial charge on any atom is 0.296 e. The van der Waals surface area contributed by atoms with Crippen molar-refractivity contribution in [1.82, 2.24) is 0 Å². The third-order valence-electron chi connectivity index (χ3n) is 2.40. The van der Waals surface area contributed by atoms with Crippen molar-refractivity contribution in [1.29, 1.82) is 0 Å². The van der Waals surface area contributed by atoms with E-state index < -0.39 is 6.10 Å². The molecule has 1 unspecified atom stereocenters. The molecule has 1 aromatic carbocycles. The fraction of sp³-hybridized carbons (Fsp3) is 0.273. The molecule has 5 heteroatoms. The lowest BCUT2D eigenvalue weighted by molar-refractivity contribution is -0.122. The van der Waals surface area contributed by atoms with E-state index in [1.165, 1.54) is 0 Å². The number of rotatable bonds is 2. The summed E-state index contributed by atoms with van der Waals surface area (Å²) >= 11 is 0. The minimum Gasteiger partial charge on any atom is -0.496 e. The van der Waals surface area contributed by atoms with Crippen LogP contribution in [0, 0.1) is 6.92 Å². The van der Waals surface area contributed by atoms with Gasteiger partial charge in [0, 0.05) is 5.56 Å². The van der Waals surface area contributed by atoms with Gasteiger partial charge in [-0.15, -0.1) is 0 Å². The maximum absolute atomic E-state index is 11.4. The molecule has 0 saturated carbocycles. The number of ether oxygens (including phenoxy) is 2. The molecule has 0 aromatic heterocycles. The molecule has 0 saturated heterocycles. The minimum atomic E-state index is -0.718. The zero-order chi connectivity index (χ0) is 11.7. The summed E-state index contributed by atoms with van der Waals surface area (Å²) in [6.07, 6.45) is -0.718. The highest BCUT2D eigenvalue weighted by atomic mass is 16.5. The Morgan fingerprint density at radius 2 is 2.25 bits per heavy atom. The van der Waals surface area contributed by atoms with Crippen LogP contribution < -0.4 is 10.5 Å². The molecule has 0 aliphatic carbocycles. The number of hydrogen-bond acceptors (Lipinski definition) is 4. The standard InChI is InChI=1S/C11H12N2O3/c1-6-5-7(3-4-8(6)15-2)9-10(14)13-11(12)16-9/h3-5,9H,1-2H3,(H2,12,13,14). The average Bonchev–Trinajstić information content (AvgIpc) is 2.58. The molecule has 2 N–H and O–H groups in total. The molecule has 84 valence electrons. The van der Waals surface area contributed by atoms with Gasteiger partial charge >= 0.3 is 0 Å². The number of amidine groups is 1. The summed E-state index contributed by atoms with van der Waals surface area (Å²) < 4.78 is 10.3. The van der Waals surface area contributed by atoms with Crippen molar-refractivity contribution < 1.29 is 14.3 Å². The summed E-state index contributed by atoms with van der Waals surface area (Å²) in [5.74, 6) is 0.394. The van der Waals surface area contributed by atoms with E-state index in [1.54, 1.807) is 19.2 Å². The molecule has 16 heavy (non-hydrogen) atoms. The van der Waals surface area contributed by atoms with E-state index in [4.69, 9.17) is 15.2 Å². The smallest absolute Gasteiger partial charge is 0.296 e. The van der Waals surface area contributed by atoms with Crippen molar-refractivity contribution in [2.45, 2.75) is 13.0 Å². The first-order valence-electron chi connectivity index (χ1n) is 4.81. The molecule has 0 spiro atoms. The molecule has 0 bridgehead atoms. The number of nitrogens with two attached hydrogens (primary N) is 1. The Bertz CT molecular complexity index is 468. The van der Waals surface area contributed by atoms with Crippen LogP contribution in [0.15, 0.2) is 23.2 Å². The zero-order valence-corrected chi connectivity index (χ0v) is 9.06. The quantitative estimate of drug-likeness (QED) is 0.804. The van der Waals surface area contributed by atoms with Gasteiger partial charge in [-0.25, -0.2) is 0 Å². The first-order chi connectivity index (χ1) is 7.61. The van der Waals surface area contributed by atoms with Gasteiger partial charge in [0.25, 0.3) is 11.9 Å². The number of carbonyl (C=O) groups excluding carboxylic acids is 1. The summed E-state index contributed by atoms with van der Waals surface area (Å²) in [4.78, 5) is 14.9. The second kappa shape index (κ2) is 3.84. The van der Waals surface area contributed by atoms with Crippen molar-refractivity contribution in [3.63, 3.8) is 0 Å². The van der Waals surface area contributed by atoms with Crippen LogP contribution in [0.1, 0.15) is 17.2 Å². The van der Waals surface area contributed by atoms with Crippen LogP contribution in [0.4, 0.5) is 0 Å². The van der Waals surface area contributed by atoms with E-state index in [-0.39, 0.29) is 11.9 Å². The topological polar surface area (TPSA) is 73.9 Å². The monoisotopic (exact) mass is 220 g/mol. The fourth-order valence-electron chi connectivity index (χ4n) is 1.64. The van der Waals surface area contributed by atoms with Gasteiger partial charge in [-0.2, -0.15) is 4.99 Å². The Labute approximate surface area is 92.9 Å². The highest BCUT2D eigenvalue weighted by molar-refractivity contribution is 5.98. The number of nitrogens with zero attached hydrogens (tertiary/aromatic N) is 1. The second-order valence-corrected chi connectivity index (χ2v) is 3.52. The number of aliphatic imine (C=N–C) groups is 1. The van der Waals surface area contributed by atoms with Gasteiger partial charge in [0.15, 0.2) is 0 Å². The van der Waals surface area contributed by atoms with Crippen molar-refractivity contribution in [3.05, 3.63) is 29.3 Å². The Hall–Kier alpha value is -2.04. The van der Waals surface area contributed by atoms with Crippen molar-refractivity contribution in [2.75, 3.05) is 7.11 Å². The molecule has 1 atom stereocenters. The van der Waals surface area contributed by atoms with Crippen LogP contribution >= 0.6 is 0 Å². The summed E-state index contributed by atoms with van der Waals surface area (Å²) in [6, 6.07) is 5.30. The van der Waals surface area contributed by atoms with Gasteiger partial charge in [0.2, 0.25) is 6.10 Å². The molecule has 0 radical (unpaired) electrons. The van der Waals surface area contributed by atoms with Crippen LogP contribution in [-0.2, 0) is 9.53 Å². The minimum absolute atomic E-state index is 0.0801. The van der Waals surface area contributed by atoms with Gasteiger partial charge in [-0.3, -0.25) is 4.79 Å². The highest BCUT2D eigenvalue weighted by Gasteiger charge is 2.29. The number of aryl methyl sites for hydroxylation is 1. The van der Waals surface area contributed by atoms with Crippen LogP contribution in [0.5, 0.6) is 5.75 Å². The number of hydrogen-bond donors (Lipinski definition) is 1. The van der Waals surface area contributed by atoms with Crippen molar-refractivity contribution in [3.8, 4) is 5.75 Å². The highest BCUT2D eigenvalue weighted by Crippen LogP contribution is 2.27. The molecule has 1 aromatic rings. The first kappa shape index (κ1) is 10.5. The molecule has 1 aliphatic rings. The summed E-state index contributed by atoms with van der Waals surface area (Å²) in [5, 5.41) is 0. The normalized spacial score (nSPS) is 19.2. The lowest BCUT2D eigenvalue weighted by Crippen LogP contribution is -2.14. The van der Waals surface area contributed by atoms with E-state index in [1.807, 2.05) is 13.0 Å². The molecule has 0 fully saturated rings. The fourth-order valence-corrected chi connectivity index (χ4v) is 1.64. The maximum atomic E-state index is 11.4. The third-order valence-corrected chi connectivity index (χ3v) is 2.40. The molecule has 1 heterocycles. The van der Waals surface area contributed by atoms with E-state index in [0.29, 0.717) is 0 Å². The third kappa shape index (κ3) is 1.71. The Balaban J connectivity index is 2.29. The zero-order valence-electron chi connectivity index (χ0n) is 9.06. The second-order valence-electron chi connectivity index (χ2n) is 3.52. The van der Waals surface area contributed by atoms with Crippen LogP contribution in [0.25, 0.3) is 0 Å². The SMILES string of the molecule is COc1ccc(C2OC(N)=NC2=O)cc1C. The Morgan fingerprint density at radius 1 is 1.50 bits per heavy atom. The Morgan fingerprint density at radius 3 is 2.75 bits per heavy atom. The number of methoxy groups -OCH3 is 1. The van der Waals surface area contributed by atoms with Gasteiger partial charge in [0.05, 0.1) is 7.11 Å². The van der Waals surface area contributed by atoms with Gasteiger partial charge in [-0.05, 0) is 24.6 Å². The molecular formula is C11H12N2O3. The van der Waals surface area contributed by atoms with Gasteiger partial charge in [0.1, 0.15) is 5.75 Å². The van der Waals surface area contributed by atoms with Crippen LogP contribution in [0.3, 0.4) is 0 Å². The van der Waals surface area contributed by atoms with Crippen LogP contribution in [0.2, 0.25) is 0 Å². The summed E-state index contributed by atoms with van der Waals surface area (Å²) in [6.45, 7) is 1.89. The lowest BCUT2D eigenvalue weighted by Gasteiger charge is -2.11. The van der Waals surface area contributed by atoms with Gasteiger partial charge < -0.3 is 15.2 Å². The van der Waals surface area contributed by atoms with E-state index in [2.05, 4.69) is 4.99 Å². The predicted molar refractivity (Wildman–Crippen MR) is 58.2 cm³/mol. The summed E-state index contributed by atoms with van der Waals surface area (Å²) in [5.41, 5.74) is 6.99. The van der Waals surface area contributed by atoms with Crippen molar-refractivity contribution >= 4 is 11.9 Å². The number of benzene rings is 1. The van der Waals surface area contributed by atoms with Crippen LogP contribution in [-0.4, -0.2) is 19.0 Å². The molecular weight excluding hydrogens is 208 g/mol. The number of amides is 1. The van der Waals surface area contributed by atoms with Crippen molar-refractivity contribution in [2.24, 2.45) is 10.7 Å². The predicted octanol–water partition coefficient (Wildman–Crippen LogP) is 0.916. The lowest BCUT2D eigenvalue weighted by atomic mass is 10.1. The molecule has 1 aliphatic heterocycles. The Kier molecular flexibility index (Phi) is 2.52. The van der Waals surface area contributed by atoms with E-state index in [9.17, 15) is 4.79 Å². The molecule has 1 amide bonds. The van der Waals surface area contributed by atoms with Gasteiger partial charge in [-0.1, -0.05) is 6.07 Å². The largest absolute Gasteiger partial charge is 0.496 e. The van der Waals surface area contributed by atoms with E-state index in [0.717, 1.165) is 16.9 Å². The average molecular weight is 220 g/mol. The summed E-state index contributed by atoms with van der Waals surface area (Å²) in [7, 11) is 1.60.